The van der Waals surface area contributed by atoms with Crippen LogP contribution in [0, 0.1) is 11.8 Å². The van der Waals surface area contributed by atoms with Gasteiger partial charge in [-0.25, -0.2) is 0 Å². The first-order valence-electron chi connectivity index (χ1n) is 6.68. The molecule has 1 saturated heterocycles. The molecule has 0 radical (unpaired) electrons. The summed E-state index contributed by atoms with van der Waals surface area (Å²) >= 11 is 5.66. The zero-order valence-corrected chi connectivity index (χ0v) is 10.5. The Balaban J connectivity index is 1.53. The quantitative estimate of drug-likeness (QED) is 0.498. The largest absolute Gasteiger partial charge is 0.303 e. The van der Waals surface area contributed by atoms with Gasteiger partial charge in [-0.1, -0.05) is 19.3 Å². The van der Waals surface area contributed by atoms with Crippen LogP contribution in [0.5, 0.6) is 0 Å². The van der Waals surface area contributed by atoms with E-state index < -0.39 is 0 Å². The molecular formula is C13H24ClN. The third-order valence-electron chi connectivity index (χ3n) is 4.16. The van der Waals surface area contributed by atoms with Crippen LogP contribution in [-0.2, 0) is 0 Å². The monoisotopic (exact) mass is 229 g/mol. The predicted molar refractivity (Wildman–Crippen MR) is 66.5 cm³/mol. The minimum Gasteiger partial charge on any atom is -0.303 e. The van der Waals surface area contributed by atoms with E-state index in [4.69, 9.17) is 11.6 Å². The van der Waals surface area contributed by atoms with E-state index >= 15 is 0 Å². The summed E-state index contributed by atoms with van der Waals surface area (Å²) < 4.78 is 0. The molecule has 0 aromatic carbocycles. The van der Waals surface area contributed by atoms with Crippen LogP contribution in [0.25, 0.3) is 0 Å². The molecule has 2 heteroatoms. The molecule has 1 aliphatic carbocycles. The van der Waals surface area contributed by atoms with Crippen LogP contribution in [-0.4, -0.2) is 30.4 Å². The summed E-state index contributed by atoms with van der Waals surface area (Å²) in [5.74, 6) is 2.97. The Morgan fingerprint density at radius 3 is 2.27 bits per heavy atom. The van der Waals surface area contributed by atoms with Gasteiger partial charge < -0.3 is 4.90 Å². The molecule has 2 unspecified atom stereocenters. The third-order valence-corrected chi connectivity index (χ3v) is 4.43. The van der Waals surface area contributed by atoms with E-state index in [1.54, 1.807) is 0 Å². The van der Waals surface area contributed by atoms with E-state index in [0.717, 1.165) is 17.7 Å². The number of hydrogen-bond acceptors (Lipinski definition) is 1. The SMILES string of the molecule is ClCCCCCCN1CC2CCCC2C1. The molecule has 2 aliphatic rings. The van der Waals surface area contributed by atoms with Crippen molar-refractivity contribution in [3.8, 4) is 0 Å². The Kier molecular flexibility index (Phi) is 4.77. The molecule has 1 saturated carbocycles. The van der Waals surface area contributed by atoms with Crippen LogP contribution < -0.4 is 0 Å². The maximum absolute atomic E-state index is 5.66. The van der Waals surface area contributed by atoms with Crippen molar-refractivity contribution in [1.82, 2.24) is 4.90 Å². The Bertz CT molecular complexity index is 171. The number of nitrogens with zero attached hydrogens (tertiary/aromatic N) is 1. The van der Waals surface area contributed by atoms with Crippen LogP contribution in [0.4, 0.5) is 0 Å². The molecule has 15 heavy (non-hydrogen) atoms. The lowest BCUT2D eigenvalue weighted by molar-refractivity contribution is 0.303. The standard InChI is InChI=1S/C13H24ClN/c14-8-3-1-2-4-9-15-10-12-6-5-7-13(12)11-15/h12-13H,1-11H2. The fourth-order valence-electron chi connectivity index (χ4n) is 3.30. The van der Waals surface area contributed by atoms with Crippen molar-refractivity contribution in [2.24, 2.45) is 11.8 Å². The average Bonchev–Trinajstić information content (AvgIpc) is 2.77. The lowest BCUT2D eigenvalue weighted by Gasteiger charge is -2.16. The van der Waals surface area contributed by atoms with E-state index in [0.29, 0.717) is 0 Å². The van der Waals surface area contributed by atoms with Gasteiger partial charge in [-0.15, -0.1) is 11.6 Å². The molecule has 0 aromatic rings. The topological polar surface area (TPSA) is 3.24 Å². The van der Waals surface area contributed by atoms with Gasteiger partial charge in [0, 0.05) is 19.0 Å². The second-order valence-electron chi connectivity index (χ2n) is 5.31. The Morgan fingerprint density at radius 2 is 1.60 bits per heavy atom. The van der Waals surface area contributed by atoms with Gasteiger partial charge in [-0.2, -0.15) is 0 Å². The van der Waals surface area contributed by atoms with E-state index in [1.165, 1.54) is 64.6 Å². The Hall–Kier alpha value is 0.250. The molecule has 0 spiro atoms. The van der Waals surface area contributed by atoms with Gasteiger partial charge in [0.25, 0.3) is 0 Å². The highest BCUT2D eigenvalue weighted by Gasteiger charge is 2.35. The summed E-state index contributed by atoms with van der Waals surface area (Å²) in [6, 6.07) is 0. The maximum atomic E-state index is 5.66. The van der Waals surface area contributed by atoms with Gasteiger partial charge in [0.2, 0.25) is 0 Å². The summed E-state index contributed by atoms with van der Waals surface area (Å²) in [7, 11) is 0. The first-order chi connectivity index (χ1) is 7.40. The van der Waals surface area contributed by atoms with Gasteiger partial charge >= 0.3 is 0 Å². The lowest BCUT2D eigenvalue weighted by atomic mass is 10.0. The van der Waals surface area contributed by atoms with Gasteiger partial charge in [0.05, 0.1) is 0 Å². The van der Waals surface area contributed by atoms with E-state index in [9.17, 15) is 0 Å². The van der Waals surface area contributed by atoms with Gasteiger partial charge in [-0.3, -0.25) is 0 Å². The predicted octanol–water partition coefficient (Wildman–Crippen LogP) is 3.52. The summed E-state index contributed by atoms with van der Waals surface area (Å²) in [4.78, 5) is 2.70. The molecule has 2 atom stereocenters. The molecule has 0 aromatic heterocycles. The summed E-state index contributed by atoms with van der Waals surface area (Å²) in [6.07, 6.45) is 9.80. The van der Waals surface area contributed by atoms with Crippen molar-refractivity contribution < 1.29 is 0 Å². The number of alkyl halides is 1. The van der Waals surface area contributed by atoms with Crippen molar-refractivity contribution in [3.63, 3.8) is 0 Å². The number of likely N-dealkylation sites (tertiary alicyclic amines) is 1. The zero-order chi connectivity index (χ0) is 10.5. The number of hydrogen-bond donors (Lipinski definition) is 0. The molecule has 1 heterocycles. The molecule has 2 rings (SSSR count). The molecule has 88 valence electrons. The maximum Gasteiger partial charge on any atom is 0.0223 e. The van der Waals surface area contributed by atoms with E-state index in [1.807, 2.05) is 0 Å². The minimum atomic E-state index is 0.841. The summed E-state index contributed by atoms with van der Waals surface area (Å²) in [5.41, 5.74) is 0. The summed E-state index contributed by atoms with van der Waals surface area (Å²) in [5, 5.41) is 0. The average molecular weight is 230 g/mol. The van der Waals surface area contributed by atoms with Crippen LogP contribution in [0.3, 0.4) is 0 Å². The second kappa shape index (κ2) is 6.10. The Morgan fingerprint density at radius 1 is 0.933 bits per heavy atom. The van der Waals surface area contributed by atoms with Crippen LogP contribution in [0.1, 0.15) is 44.9 Å². The lowest BCUT2D eigenvalue weighted by Crippen LogP contribution is -2.22. The third kappa shape index (κ3) is 3.35. The van der Waals surface area contributed by atoms with Crippen LogP contribution in [0.15, 0.2) is 0 Å². The van der Waals surface area contributed by atoms with Crippen LogP contribution >= 0.6 is 11.6 Å². The van der Waals surface area contributed by atoms with Crippen LogP contribution in [0.2, 0.25) is 0 Å². The van der Waals surface area contributed by atoms with E-state index in [2.05, 4.69) is 4.90 Å². The number of rotatable bonds is 6. The zero-order valence-electron chi connectivity index (χ0n) is 9.76. The van der Waals surface area contributed by atoms with E-state index in [-0.39, 0.29) is 0 Å². The first-order valence-corrected chi connectivity index (χ1v) is 7.22. The number of unbranched alkanes of at least 4 members (excludes halogenated alkanes) is 3. The molecular weight excluding hydrogens is 206 g/mol. The first kappa shape index (κ1) is 11.7. The van der Waals surface area contributed by atoms with Crippen molar-refractivity contribution >= 4 is 11.6 Å². The van der Waals surface area contributed by atoms with Crippen molar-refractivity contribution in [2.45, 2.75) is 44.9 Å². The van der Waals surface area contributed by atoms with Crippen molar-refractivity contribution in [1.29, 1.82) is 0 Å². The van der Waals surface area contributed by atoms with Gasteiger partial charge in [0.15, 0.2) is 0 Å². The summed E-state index contributed by atoms with van der Waals surface area (Å²) in [6.45, 7) is 4.15. The normalized spacial score (nSPS) is 31.0. The molecule has 0 bridgehead atoms. The molecule has 0 N–H and O–H groups in total. The van der Waals surface area contributed by atoms with Gasteiger partial charge in [-0.05, 0) is 44.1 Å². The Labute approximate surface area is 99.2 Å². The molecule has 1 aliphatic heterocycles. The fourth-order valence-corrected chi connectivity index (χ4v) is 3.49. The smallest absolute Gasteiger partial charge is 0.0223 e. The van der Waals surface area contributed by atoms with Crippen molar-refractivity contribution in [2.75, 3.05) is 25.5 Å². The van der Waals surface area contributed by atoms with Crippen molar-refractivity contribution in [3.05, 3.63) is 0 Å². The molecule has 2 fully saturated rings. The fraction of sp³-hybridized carbons (Fsp3) is 1.00. The minimum absolute atomic E-state index is 0.841. The molecule has 1 nitrogen and oxygen atoms in total. The highest BCUT2D eigenvalue weighted by molar-refractivity contribution is 6.17. The highest BCUT2D eigenvalue weighted by Crippen LogP contribution is 2.37. The molecule has 0 amide bonds. The van der Waals surface area contributed by atoms with Gasteiger partial charge in [0.1, 0.15) is 0 Å². The highest BCUT2D eigenvalue weighted by atomic mass is 35.5. The second-order valence-corrected chi connectivity index (χ2v) is 5.69. The number of halogens is 1. The number of fused-ring (bicyclic) bond motifs is 1.